The highest BCUT2D eigenvalue weighted by Gasteiger charge is 2.19. The van der Waals surface area contributed by atoms with Crippen LogP contribution in [0.1, 0.15) is 10.5 Å². The minimum atomic E-state index is -1.21. The van der Waals surface area contributed by atoms with Gasteiger partial charge in [-0.15, -0.1) is 0 Å². The molecule has 9 heteroatoms. The molecule has 0 bridgehead atoms. The van der Waals surface area contributed by atoms with Crippen LogP contribution in [0.5, 0.6) is 0 Å². The van der Waals surface area contributed by atoms with Gasteiger partial charge in [0.15, 0.2) is 5.69 Å². The number of aromatic carboxylic acids is 1. The zero-order valence-corrected chi connectivity index (χ0v) is 10.2. The fourth-order valence-corrected chi connectivity index (χ4v) is 1.61. The summed E-state index contributed by atoms with van der Waals surface area (Å²) < 4.78 is 1.50. The Hall–Kier alpha value is -2.29. The molecule has 0 unspecified atom stereocenters. The first-order chi connectivity index (χ1) is 8.49. The van der Waals surface area contributed by atoms with Crippen molar-refractivity contribution in [2.75, 3.05) is 0 Å². The lowest BCUT2D eigenvalue weighted by Crippen LogP contribution is -2.05. The lowest BCUT2D eigenvalue weighted by atomic mass is 10.4. The van der Waals surface area contributed by atoms with Crippen LogP contribution in [0.3, 0.4) is 0 Å². The highest BCUT2D eigenvalue weighted by atomic mass is 79.9. The van der Waals surface area contributed by atoms with E-state index in [2.05, 4.69) is 26.0 Å². The second kappa shape index (κ2) is 4.53. The first kappa shape index (κ1) is 12.2. The van der Waals surface area contributed by atoms with Gasteiger partial charge >= 0.3 is 11.7 Å². The predicted octanol–water partition coefficient (Wildman–Crippen LogP) is 1.64. The van der Waals surface area contributed by atoms with Gasteiger partial charge in [0.05, 0.1) is 4.92 Å². The average molecular weight is 313 g/mol. The van der Waals surface area contributed by atoms with Gasteiger partial charge in [0, 0.05) is 22.9 Å². The molecule has 0 saturated heterocycles. The number of nitro groups is 1. The van der Waals surface area contributed by atoms with E-state index < -0.39 is 10.9 Å². The Balaban J connectivity index is 2.55. The van der Waals surface area contributed by atoms with E-state index in [0.717, 1.165) is 4.68 Å². The molecule has 0 amide bonds. The predicted molar refractivity (Wildman–Crippen MR) is 62.7 cm³/mol. The van der Waals surface area contributed by atoms with Crippen molar-refractivity contribution in [3.8, 4) is 5.82 Å². The third-order valence-electron chi connectivity index (χ3n) is 2.04. The normalized spacial score (nSPS) is 10.3. The maximum Gasteiger partial charge on any atom is 0.356 e. The molecule has 0 aliphatic rings. The fourth-order valence-electron chi connectivity index (χ4n) is 1.29. The summed E-state index contributed by atoms with van der Waals surface area (Å²) in [7, 11) is 0. The summed E-state index contributed by atoms with van der Waals surface area (Å²) in [6, 6.07) is 2.50. The van der Waals surface area contributed by atoms with Crippen molar-refractivity contribution in [1.82, 2.24) is 14.8 Å². The Morgan fingerprint density at radius 2 is 2.28 bits per heavy atom. The molecular weight excluding hydrogens is 308 g/mol. The SMILES string of the molecule is O=C(O)c1ccn(-c2ncc(Br)cc2[N+](=O)[O-])n1. The molecule has 0 saturated carbocycles. The summed E-state index contributed by atoms with van der Waals surface area (Å²) >= 11 is 3.07. The molecule has 0 radical (unpaired) electrons. The van der Waals surface area contributed by atoms with Crippen LogP contribution < -0.4 is 0 Å². The molecule has 0 fully saturated rings. The van der Waals surface area contributed by atoms with Crippen LogP contribution in [0.25, 0.3) is 5.82 Å². The molecule has 2 heterocycles. The third-order valence-corrected chi connectivity index (χ3v) is 2.47. The molecular formula is C9H5BrN4O4. The highest BCUT2D eigenvalue weighted by molar-refractivity contribution is 9.10. The van der Waals surface area contributed by atoms with Gasteiger partial charge in [-0.25, -0.2) is 14.5 Å². The Labute approximate surface area is 108 Å². The third kappa shape index (κ3) is 2.20. The number of rotatable bonds is 3. The largest absolute Gasteiger partial charge is 0.476 e. The van der Waals surface area contributed by atoms with Gasteiger partial charge in [0.25, 0.3) is 0 Å². The summed E-state index contributed by atoms with van der Waals surface area (Å²) in [5.74, 6) is -1.26. The zero-order chi connectivity index (χ0) is 13.3. The van der Waals surface area contributed by atoms with E-state index >= 15 is 0 Å². The van der Waals surface area contributed by atoms with Crippen molar-refractivity contribution >= 4 is 27.6 Å². The highest BCUT2D eigenvalue weighted by Crippen LogP contribution is 2.23. The van der Waals surface area contributed by atoms with Gasteiger partial charge in [-0.1, -0.05) is 0 Å². The van der Waals surface area contributed by atoms with E-state index in [-0.39, 0.29) is 17.2 Å². The number of halogens is 1. The van der Waals surface area contributed by atoms with E-state index in [1.807, 2.05) is 0 Å². The van der Waals surface area contributed by atoms with Gasteiger partial charge < -0.3 is 5.11 Å². The number of carboxylic acids is 1. The molecule has 0 atom stereocenters. The van der Waals surface area contributed by atoms with Crippen molar-refractivity contribution in [3.63, 3.8) is 0 Å². The summed E-state index contributed by atoms with van der Waals surface area (Å²) in [5, 5.41) is 23.3. The van der Waals surface area contributed by atoms with Crippen LogP contribution in [0, 0.1) is 10.1 Å². The van der Waals surface area contributed by atoms with Gasteiger partial charge in [-0.05, 0) is 22.0 Å². The van der Waals surface area contributed by atoms with Gasteiger partial charge in [0.1, 0.15) is 0 Å². The fraction of sp³-hybridized carbons (Fsp3) is 0. The first-order valence-electron chi connectivity index (χ1n) is 4.58. The lowest BCUT2D eigenvalue weighted by molar-refractivity contribution is -0.385. The van der Waals surface area contributed by atoms with Crippen LogP contribution in [0.4, 0.5) is 5.69 Å². The summed E-state index contributed by atoms with van der Waals surface area (Å²) in [6.07, 6.45) is 2.66. The monoisotopic (exact) mass is 312 g/mol. The van der Waals surface area contributed by atoms with Crippen LogP contribution in [-0.4, -0.2) is 30.8 Å². The smallest absolute Gasteiger partial charge is 0.356 e. The van der Waals surface area contributed by atoms with E-state index in [0.29, 0.717) is 4.47 Å². The number of pyridine rings is 1. The first-order valence-corrected chi connectivity index (χ1v) is 5.37. The zero-order valence-electron chi connectivity index (χ0n) is 8.65. The number of carboxylic acid groups (broad SMARTS) is 1. The Morgan fingerprint density at radius 1 is 1.56 bits per heavy atom. The quantitative estimate of drug-likeness (QED) is 0.681. The molecule has 2 aromatic rings. The molecule has 1 N–H and O–H groups in total. The van der Waals surface area contributed by atoms with Crippen molar-refractivity contribution in [2.45, 2.75) is 0 Å². The molecule has 0 spiro atoms. The maximum absolute atomic E-state index is 10.9. The van der Waals surface area contributed by atoms with Crippen molar-refractivity contribution < 1.29 is 14.8 Å². The van der Waals surface area contributed by atoms with Gasteiger partial charge in [0.2, 0.25) is 5.82 Å². The molecule has 92 valence electrons. The molecule has 0 aliphatic heterocycles. The maximum atomic E-state index is 10.9. The number of nitrogens with zero attached hydrogens (tertiary/aromatic N) is 4. The van der Waals surface area contributed by atoms with Crippen LogP contribution in [0.15, 0.2) is 29.0 Å². The van der Waals surface area contributed by atoms with Crippen molar-refractivity contribution in [2.24, 2.45) is 0 Å². The second-order valence-corrected chi connectivity index (χ2v) is 4.12. The van der Waals surface area contributed by atoms with Crippen LogP contribution >= 0.6 is 15.9 Å². The standard InChI is InChI=1S/C9H5BrN4O4/c10-5-3-7(14(17)18)8(11-4-5)13-2-1-6(12-13)9(15)16/h1-4H,(H,15,16). The average Bonchev–Trinajstić information content (AvgIpc) is 2.78. The summed E-state index contributed by atoms with van der Waals surface area (Å²) in [6.45, 7) is 0. The molecule has 0 aliphatic carbocycles. The number of hydrogen-bond donors (Lipinski definition) is 1. The van der Waals surface area contributed by atoms with Crippen LogP contribution in [0.2, 0.25) is 0 Å². The summed E-state index contributed by atoms with van der Waals surface area (Å²) in [4.78, 5) is 24.8. The minimum Gasteiger partial charge on any atom is -0.476 e. The van der Waals surface area contributed by atoms with E-state index in [9.17, 15) is 14.9 Å². The Morgan fingerprint density at radius 3 is 2.83 bits per heavy atom. The van der Waals surface area contributed by atoms with E-state index in [4.69, 9.17) is 5.11 Å². The lowest BCUT2D eigenvalue weighted by Gasteiger charge is -2.01. The molecule has 2 aromatic heterocycles. The van der Waals surface area contributed by atoms with Crippen molar-refractivity contribution in [3.05, 3.63) is 44.8 Å². The van der Waals surface area contributed by atoms with Gasteiger partial charge in [-0.3, -0.25) is 10.1 Å². The molecule has 18 heavy (non-hydrogen) atoms. The molecule has 2 rings (SSSR count). The van der Waals surface area contributed by atoms with E-state index in [1.54, 1.807) is 0 Å². The number of aromatic nitrogens is 3. The van der Waals surface area contributed by atoms with Gasteiger partial charge in [-0.2, -0.15) is 5.10 Å². The topological polar surface area (TPSA) is 111 Å². The van der Waals surface area contributed by atoms with Crippen LogP contribution in [-0.2, 0) is 0 Å². The minimum absolute atomic E-state index is 0.0456. The number of hydrogen-bond acceptors (Lipinski definition) is 5. The Kier molecular flexibility index (Phi) is 3.06. The second-order valence-electron chi connectivity index (χ2n) is 3.20. The van der Waals surface area contributed by atoms with E-state index in [1.165, 1.54) is 24.5 Å². The summed E-state index contributed by atoms with van der Waals surface area (Å²) in [5.41, 5.74) is -0.488. The molecule has 0 aromatic carbocycles. The number of carbonyl (C=O) groups is 1. The van der Waals surface area contributed by atoms with Crippen molar-refractivity contribution in [1.29, 1.82) is 0 Å². The molecule has 8 nitrogen and oxygen atoms in total. The Bertz CT molecular complexity index is 639.